The van der Waals surface area contributed by atoms with E-state index in [1.165, 1.54) is 19.3 Å². The summed E-state index contributed by atoms with van der Waals surface area (Å²) >= 11 is 0. The predicted molar refractivity (Wildman–Crippen MR) is 164 cm³/mol. The number of rotatable bonds is 8. The average molecular weight is 577 g/mol. The minimum Gasteiger partial charge on any atom is -0.444 e. The quantitative estimate of drug-likeness (QED) is 0.382. The molecule has 2 fully saturated rings. The Kier molecular flexibility index (Phi) is 8.56. The van der Waals surface area contributed by atoms with Gasteiger partial charge >= 0.3 is 6.09 Å². The van der Waals surface area contributed by atoms with Crippen LogP contribution >= 0.6 is 0 Å². The Bertz CT molecular complexity index is 1440. The molecule has 0 N–H and O–H groups in total. The van der Waals surface area contributed by atoms with Crippen LogP contribution in [0, 0.1) is 5.92 Å². The molecule has 2 aliphatic rings. The van der Waals surface area contributed by atoms with Gasteiger partial charge in [-0.05, 0) is 71.4 Å². The molecule has 11 nitrogen and oxygen atoms in total. The number of carbonyl (C=O) groups is 1. The van der Waals surface area contributed by atoms with Crippen molar-refractivity contribution in [1.82, 2.24) is 29.4 Å². The molecule has 0 aromatic carbocycles. The van der Waals surface area contributed by atoms with Crippen molar-refractivity contribution in [3.05, 3.63) is 53.3 Å². The summed E-state index contributed by atoms with van der Waals surface area (Å²) in [5.41, 5.74) is 2.74. The van der Waals surface area contributed by atoms with Crippen molar-refractivity contribution in [3.63, 3.8) is 0 Å². The molecule has 0 radical (unpaired) electrons. The maximum atomic E-state index is 13.3. The third kappa shape index (κ3) is 6.77. The molecule has 1 aliphatic carbocycles. The lowest BCUT2D eigenvalue weighted by Crippen LogP contribution is -2.53. The number of amides is 1. The van der Waals surface area contributed by atoms with Crippen molar-refractivity contribution >= 4 is 17.5 Å². The summed E-state index contributed by atoms with van der Waals surface area (Å²) in [6, 6.07) is 5.72. The fourth-order valence-electron chi connectivity index (χ4n) is 5.61. The number of anilines is 2. The Hall–Kier alpha value is -3.89. The van der Waals surface area contributed by atoms with Crippen LogP contribution in [-0.2, 0) is 4.74 Å². The first-order chi connectivity index (χ1) is 20.0. The monoisotopic (exact) mass is 576 g/mol. The van der Waals surface area contributed by atoms with Gasteiger partial charge in [0.25, 0.3) is 5.56 Å². The van der Waals surface area contributed by atoms with Crippen molar-refractivity contribution in [2.45, 2.75) is 77.6 Å². The standard InChI is InChI=1S/C31H44N8O3/c1-22(39-21-28(33-34-39)24-15-27(35(5)6)18-32-17-24)37-14-12-25(16-29(37)40)36-13-8-11-26(20-36)38(19-23-9-7-10-23)30(41)42-31(2,3)4/h12,14-18,21-23,26H,7-11,13,19-20H2,1-6H3/t22?,26-/m1/s1. The molecule has 1 saturated heterocycles. The fourth-order valence-corrected chi connectivity index (χ4v) is 5.61. The highest BCUT2D eigenvalue weighted by atomic mass is 16.6. The third-order valence-electron chi connectivity index (χ3n) is 8.27. The highest BCUT2D eigenvalue weighted by Gasteiger charge is 2.34. The van der Waals surface area contributed by atoms with Crippen molar-refractivity contribution in [2.24, 2.45) is 5.92 Å². The lowest BCUT2D eigenvalue weighted by Gasteiger charge is -2.43. The van der Waals surface area contributed by atoms with Gasteiger partial charge in [-0.15, -0.1) is 5.10 Å². The molecule has 1 unspecified atom stereocenters. The van der Waals surface area contributed by atoms with Crippen LogP contribution in [-0.4, -0.2) is 80.9 Å². The van der Waals surface area contributed by atoms with E-state index in [2.05, 4.69) is 20.2 Å². The van der Waals surface area contributed by atoms with Crippen LogP contribution in [0.1, 0.15) is 66.0 Å². The van der Waals surface area contributed by atoms with Gasteiger partial charge in [0.05, 0.1) is 24.1 Å². The fraction of sp³-hybridized carbons (Fsp3) is 0.581. The zero-order valence-corrected chi connectivity index (χ0v) is 25.7. The second kappa shape index (κ2) is 12.1. The zero-order valence-electron chi connectivity index (χ0n) is 25.7. The largest absolute Gasteiger partial charge is 0.444 e. The maximum absolute atomic E-state index is 13.3. The van der Waals surface area contributed by atoms with Crippen LogP contribution in [0.15, 0.2) is 47.8 Å². The van der Waals surface area contributed by atoms with Crippen molar-refractivity contribution in [3.8, 4) is 11.3 Å². The third-order valence-corrected chi connectivity index (χ3v) is 8.27. The topological polar surface area (TPSA) is 102 Å². The van der Waals surface area contributed by atoms with Gasteiger partial charge in [-0.25, -0.2) is 9.48 Å². The summed E-state index contributed by atoms with van der Waals surface area (Å²) in [5, 5.41) is 8.64. The normalized spacial score (nSPS) is 18.3. The van der Waals surface area contributed by atoms with Crippen molar-refractivity contribution in [1.29, 1.82) is 0 Å². The lowest BCUT2D eigenvalue weighted by molar-refractivity contribution is 0.00736. The molecule has 42 heavy (non-hydrogen) atoms. The molecule has 1 saturated carbocycles. The molecule has 1 amide bonds. The second-order valence-corrected chi connectivity index (χ2v) is 12.8. The Balaban J connectivity index is 1.30. The van der Waals surface area contributed by atoms with Gasteiger partial charge in [0.1, 0.15) is 17.5 Å². The number of aromatic nitrogens is 5. The number of ether oxygens (including phenoxy) is 1. The van der Waals surface area contributed by atoms with Crippen molar-refractivity contribution in [2.75, 3.05) is 43.5 Å². The molecule has 1 aliphatic heterocycles. The molecule has 3 aromatic rings. The van der Waals surface area contributed by atoms with E-state index in [1.54, 1.807) is 27.7 Å². The van der Waals surface area contributed by atoms with E-state index in [1.807, 2.05) is 76.1 Å². The summed E-state index contributed by atoms with van der Waals surface area (Å²) in [7, 11) is 3.93. The summed E-state index contributed by atoms with van der Waals surface area (Å²) in [6.07, 6.45) is 12.1. The summed E-state index contributed by atoms with van der Waals surface area (Å²) in [6.45, 7) is 9.91. The molecular weight excluding hydrogens is 532 g/mol. The van der Waals surface area contributed by atoms with E-state index in [9.17, 15) is 9.59 Å². The summed E-state index contributed by atoms with van der Waals surface area (Å²) in [5.74, 6) is 0.545. The number of nitrogens with zero attached hydrogens (tertiary/aromatic N) is 8. The van der Waals surface area contributed by atoms with Gasteiger partial charge in [-0.2, -0.15) is 0 Å². The SMILES string of the molecule is CC(n1cc(-c2cncc(N(C)C)c2)nn1)n1ccc(N2CCC[C@@H](N(CC3CCC3)C(=O)OC(C)(C)C)C2)cc1=O. The number of carbonyl (C=O) groups excluding carboxylic acids is 1. The van der Waals surface area contributed by atoms with Gasteiger partial charge in [0.15, 0.2) is 0 Å². The van der Waals surface area contributed by atoms with Gasteiger partial charge in [0, 0.05) is 63.4 Å². The second-order valence-electron chi connectivity index (χ2n) is 12.8. The Morgan fingerprint density at radius 3 is 2.60 bits per heavy atom. The number of hydrogen-bond donors (Lipinski definition) is 0. The number of hydrogen-bond acceptors (Lipinski definition) is 8. The minimum absolute atomic E-state index is 0.0459. The van der Waals surface area contributed by atoms with Crippen LogP contribution in [0.5, 0.6) is 0 Å². The maximum Gasteiger partial charge on any atom is 0.410 e. The first-order valence-electron chi connectivity index (χ1n) is 15.0. The van der Waals surface area contributed by atoms with E-state index < -0.39 is 5.60 Å². The Morgan fingerprint density at radius 2 is 1.93 bits per heavy atom. The Morgan fingerprint density at radius 1 is 1.14 bits per heavy atom. The molecule has 3 aromatic heterocycles. The highest BCUT2D eigenvalue weighted by molar-refractivity contribution is 5.69. The van der Waals surface area contributed by atoms with Crippen LogP contribution in [0.4, 0.5) is 16.2 Å². The molecular formula is C31H44N8O3. The van der Waals surface area contributed by atoms with Crippen LogP contribution in [0.3, 0.4) is 0 Å². The van der Waals surface area contributed by atoms with Gasteiger partial charge < -0.3 is 19.4 Å². The highest BCUT2D eigenvalue weighted by Crippen LogP contribution is 2.31. The molecule has 0 bridgehead atoms. The predicted octanol–water partition coefficient (Wildman–Crippen LogP) is 4.64. The number of pyridine rings is 2. The molecule has 0 spiro atoms. The molecule has 4 heterocycles. The smallest absolute Gasteiger partial charge is 0.410 e. The zero-order chi connectivity index (χ0) is 30.0. The first kappa shape index (κ1) is 29.6. The van der Waals surface area contributed by atoms with Crippen LogP contribution in [0.25, 0.3) is 11.3 Å². The number of piperidine rings is 1. The molecule has 5 rings (SSSR count). The van der Waals surface area contributed by atoms with Crippen LogP contribution < -0.4 is 15.4 Å². The van der Waals surface area contributed by atoms with Gasteiger partial charge in [0.2, 0.25) is 0 Å². The molecule has 226 valence electrons. The van der Waals surface area contributed by atoms with E-state index >= 15 is 0 Å². The van der Waals surface area contributed by atoms with Crippen LogP contribution in [0.2, 0.25) is 0 Å². The van der Waals surface area contributed by atoms with E-state index in [0.717, 1.165) is 42.9 Å². The van der Waals surface area contributed by atoms with Gasteiger partial charge in [-0.1, -0.05) is 11.6 Å². The average Bonchev–Trinajstić information content (AvgIpc) is 3.42. The Labute approximate surface area is 248 Å². The van der Waals surface area contributed by atoms with E-state index in [4.69, 9.17) is 4.74 Å². The van der Waals surface area contributed by atoms with Gasteiger partial charge in [-0.3, -0.25) is 14.3 Å². The summed E-state index contributed by atoms with van der Waals surface area (Å²) < 4.78 is 9.15. The lowest BCUT2D eigenvalue weighted by atomic mass is 9.84. The van der Waals surface area contributed by atoms with Crippen molar-refractivity contribution < 1.29 is 9.53 Å². The molecule has 11 heteroatoms. The van der Waals surface area contributed by atoms with E-state index in [-0.39, 0.29) is 23.9 Å². The minimum atomic E-state index is -0.539. The van der Waals surface area contributed by atoms with E-state index in [0.29, 0.717) is 18.2 Å². The first-order valence-corrected chi connectivity index (χ1v) is 15.0. The molecule has 2 atom stereocenters. The summed E-state index contributed by atoms with van der Waals surface area (Å²) in [4.78, 5) is 37.1.